The Morgan fingerprint density at radius 3 is 2.94 bits per heavy atom. The average Bonchev–Trinajstić information content (AvgIpc) is 3.01. The van der Waals surface area contributed by atoms with Crippen LogP contribution in [-0.4, -0.2) is 49.5 Å². The number of rotatable bonds is 2. The van der Waals surface area contributed by atoms with Crippen molar-refractivity contribution in [3.8, 4) is 0 Å². The number of nitrogens with one attached hydrogen (secondary N) is 1. The maximum absolute atomic E-state index is 5.32. The number of anilines is 1. The molecular formula is C10H16N4O2. The Morgan fingerprint density at radius 2 is 2.19 bits per heavy atom. The largest absolute Gasteiger partial charge is 0.378 e. The Balaban J connectivity index is 1.71. The third-order valence-electron chi connectivity index (χ3n) is 3.13. The fourth-order valence-corrected chi connectivity index (χ4v) is 2.15. The van der Waals surface area contributed by atoms with E-state index < -0.39 is 0 Å². The summed E-state index contributed by atoms with van der Waals surface area (Å²) in [5.74, 6) is 1.87. The lowest BCUT2D eigenvalue weighted by atomic mass is 10.1. The van der Waals surface area contributed by atoms with E-state index in [0.29, 0.717) is 11.9 Å². The van der Waals surface area contributed by atoms with Crippen LogP contribution in [0.5, 0.6) is 0 Å². The predicted molar refractivity (Wildman–Crippen MR) is 57.6 cm³/mol. The Labute approximate surface area is 93.9 Å². The molecular weight excluding hydrogens is 208 g/mol. The van der Waals surface area contributed by atoms with Gasteiger partial charge < -0.3 is 19.5 Å². The molecule has 2 saturated heterocycles. The maximum Gasteiger partial charge on any atom is 0.266 e. The monoisotopic (exact) mass is 224 g/mol. The van der Waals surface area contributed by atoms with Gasteiger partial charge in [-0.25, -0.2) is 0 Å². The fourth-order valence-electron chi connectivity index (χ4n) is 2.15. The third-order valence-corrected chi connectivity index (χ3v) is 3.13. The van der Waals surface area contributed by atoms with Crippen LogP contribution in [-0.2, 0) is 4.74 Å². The first-order valence-corrected chi connectivity index (χ1v) is 5.80. The number of aromatic nitrogens is 2. The molecule has 0 saturated carbocycles. The Bertz CT molecular complexity index is 342. The minimum atomic E-state index is 0.391. The van der Waals surface area contributed by atoms with Gasteiger partial charge in [0.25, 0.3) is 5.95 Å². The smallest absolute Gasteiger partial charge is 0.266 e. The summed E-state index contributed by atoms with van der Waals surface area (Å²) in [4.78, 5) is 6.58. The number of nitrogens with zero attached hydrogens (tertiary/aromatic N) is 3. The molecule has 0 radical (unpaired) electrons. The standard InChI is InChI=1S/C10H16N4O2/c1-2-11-7-8(1)9-12-10(13-16-9)14-3-5-15-6-4-14/h8,11H,1-7H2. The summed E-state index contributed by atoms with van der Waals surface area (Å²) in [5.41, 5.74) is 0. The van der Waals surface area contributed by atoms with Crippen LogP contribution in [0.3, 0.4) is 0 Å². The second-order valence-electron chi connectivity index (χ2n) is 4.22. The predicted octanol–water partition coefficient (Wildman–Crippen LogP) is -0.0169. The van der Waals surface area contributed by atoms with Crippen molar-refractivity contribution in [3.63, 3.8) is 0 Å². The summed E-state index contributed by atoms with van der Waals surface area (Å²) in [6.45, 7) is 5.18. The fraction of sp³-hybridized carbons (Fsp3) is 0.800. The molecule has 88 valence electrons. The van der Waals surface area contributed by atoms with E-state index in [4.69, 9.17) is 9.26 Å². The van der Waals surface area contributed by atoms with Gasteiger partial charge in [-0.1, -0.05) is 0 Å². The lowest BCUT2D eigenvalue weighted by Crippen LogP contribution is -2.36. The van der Waals surface area contributed by atoms with Gasteiger partial charge in [0.15, 0.2) is 0 Å². The molecule has 1 atom stereocenters. The molecule has 0 amide bonds. The van der Waals surface area contributed by atoms with Gasteiger partial charge >= 0.3 is 0 Å². The van der Waals surface area contributed by atoms with Crippen molar-refractivity contribution in [1.29, 1.82) is 0 Å². The van der Waals surface area contributed by atoms with Crippen molar-refractivity contribution in [2.45, 2.75) is 12.3 Å². The van der Waals surface area contributed by atoms with Gasteiger partial charge in [0.2, 0.25) is 5.89 Å². The summed E-state index contributed by atoms with van der Waals surface area (Å²) >= 11 is 0. The molecule has 16 heavy (non-hydrogen) atoms. The van der Waals surface area contributed by atoms with E-state index in [1.807, 2.05) is 0 Å². The average molecular weight is 224 g/mol. The Kier molecular flexibility index (Phi) is 2.75. The van der Waals surface area contributed by atoms with E-state index in [2.05, 4.69) is 20.4 Å². The van der Waals surface area contributed by atoms with Gasteiger partial charge in [0.05, 0.1) is 19.1 Å². The van der Waals surface area contributed by atoms with Gasteiger partial charge in [-0.3, -0.25) is 0 Å². The van der Waals surface area contributed by atoms with Gasteiger partial charge in [-0.15, -0.1) is 0 Å². The summed E-state index contributed by atoms with van der Waals surface area (Å²) < 4.78 is 10.6. The molecule has 2 aliphatic rings. The number of hydrogen-bond donors (Lipinski definition) is 1. The summed E-state index contributed by atoms with van der Waals surface area (Å²) in [5, 5.41) is 7.34. The molecule has 3 rings (SSSR count). The second kappa shape index (κ2) is 4.39. The molecule has 2 aliphatic heterocycles. The van der Waals surface area contributed by atoms with E-state index in [-0.39, 0.29) is 0 Å². The highest BCUT2D eigenvalue weighted by molar-refractivity contribution is 5.28. The second-order valence-corrected chi connectivity index (χ2v) is 4.22. The van der Waals surface area contributed by atoms with E-state index in [9.17, 15) is 0 Å². The number of ether oxygens (including phenoxy) is 1. The highest BCUT2D eigenvalue weighted by Crippen LogP contribution is 2.22. The molecule has 1 aromatic heterocycles. The molecule has 0 aromatic carbocycles. The minimum absolute atomic E-state index is 0.391. The lowest BCUT2D eigenvalue weighted by Gasteiger charge is -2.24. The van der Waals surface area contributed by atoms with Gasteiger partial charge in [0, 0.05) is 19.6 Å². The van der Waals surface area contributed by atoms with Gasteiger partial charge in [0.1, 0.15) is 0 Å². The van der Waals surface area contributed by atoms with Crippen LogP contribution in [0.15, 0.2) is 4.52 Å². The quantitative estimate of drug-likeness (QED) is 0.762. The maximum atomic E-state index is 5.32. The van der Waals surface area contributed by atoms with Crippen LogP contribution in [0.1, 0.15) is 18.2 Å². The van der Waals surface area contributed by atoms with Crippen molar-refractivity contribution in [3.05, 3.63) is 5.89 Å². The van der Waals surface area contributed by atoms with Crippen LogP contribution in [0, 0.1) is 0 Å². The van der Waals surface area contributed by atoms with Crippen LogP contribution in [0.25, 0.3) is 0 Å². The topological polar surface area (TPSA) is 63.4 Å². The van der Waals surface area contributed by atoms with Crippen molar-refractivity contribution in [2.24, 2.45) is 0 Å². The molecule has 0 spiro atoms. The molecule has 1 N–H and O–H groups in total. The Morgan fingerprint density at radius 1 is 1.31 bits per heavy atom. The van der Waals surface area contributed by atoms with Gasteiger partial charge in [-0.05, 0) is 18.1 Å². The number of hydrogen-bond acceptors (Lipinski definition) is 6. The van der Waals surface area contributed by atoms with Crippen LogP contribution >= 0.6 is 0 Å². The zero-order valence-electron chi connectivity index (χ0n) is 9.19. The van der Waals surface area contributed by atoms with Crippen molar-refractivity contribution in [1.82, 2.24) is 15.5 Å². The molecule has 0 bridgehead atoms. The first-order chi connectivity index (χ1) is 7.93. The van der Waals surface area contributed by atoms with E-state index in [0.717, 1.165) is 51.7 Å². The molecule has 1 aromatic rings. The Hall–Kier alpha value is -1.14. The molecule has 1 unspecified atom stereocenters. The molecule has 0 aliphatic carbocycles. The summed E-state index contributed by atoms with van der Waals surface area (Å²) in [7, 11) is 0. The lowest BCUT2D eigenvalue weighted by molar-refractivity contribution is 0.121. The summed E-state index contributed by atoms with van der Waals surface area (Å²) in [6.07, 6.45) is 1.09. The molecule has 3 heterocycles. The SMILES string of the molecule is C1CC(c2nc(N3CCOCC3)no2)CN1. The summed E-state index contributed by atoms with van der Waals surface area (Å²) in [6, 6.07) is 0. The third kappa shape index (κ3) is 1.90. The van der Waals surface area contributed by atoms with Crippen LogP contribution in [0.4, 0.5) is 5.95 Å². The molecule has 6 heteroatoms. The van der Waals surface area contributed by atoms with Crippen molar-refractivity contribution in [2.75, 3.05) is 44.3 Å². The van der Waals surface area contributed by atoms with E-state index in [1.54, 1.807) is 0 Å². The van der Waals surface area contributed by atoms with Crippen LogP contribution in [0.2, 0.25) is 0 Å². The normalized spacial score (nSPS) is 26.2. The van der Waals surface area contributed by atoms with Crippen LogP contribution < -0.4 is 10.2 Å². The van der Waals surface area contributed by atoms with Crippen molar-refractivity contribution < 1.29 is 9.26 Å². The number of morpholine rings is 1. The van der Waals surface area contributed by atoms with Gasteiger partial charge in [-0.2, -0.15) is 4.98 Å². The highest BCUT2D eigenvalue weighted by atomic mass is 16.5. The van der Waals surface area contributed by atoms with E-state index in [1.165, 1.54) is 0 Å². The zero-order chi connectivity index (χ0) is 10.8. The first-order valence-electron chi connectivity index (χ1n) is 5.80. The molecule has 2 fully saturated rings. The first kappa shape index (κ1) is 10.0. The van der Waals surface area contributed by atoms with E-state index >= 15 is 0 Å². The minimum Gasteiger partial charge on any atom is -0.378 e. The van der Waals surface area contributed by atoms with Crippen molar-refractivity contribution >= 4 is 5.95 Å². The molecule has 6 nitrogen and oxygen atoms in total. The highest BCUT2D eigenvalue weighted by Gasteiger charge is 2.24. The zero-order valence-corrected chi connectivity index (χ0v) is 9.19.